The molecule has 3 heterocycles. The number of halogens is 1. The zero-order valence-electron chi connectivity index (χ0n) is 13.6. The predicted molar refractivity (Wildman–Crippen MR) is 103 cm³/mol. The Bertz CT molecular complexity index is 1030. The van der Waals surface area contributed by atoms with Crippen molar-refractivity contribution < 1.29 is 0 Å². The van der Waals surface area contributed by atoms with Gasteiger partial charge in [-0.3, -0.25) is 9.78 Å². The smallest absolute Gasteiger partial charge is 0.276 e. The van der Waals surface area contributed by atoms with Crippen molar-refractivity contribution in [3.8, 4) is 0 Å². The summed E-state index contributed by atoms with van der Waals surface area (Å²) >= 11 is 11.7. The highest BCUT2D eigenvalue weighted by Crippen LogP contribution is 2.29. The first kappa shape index (κ1) is 16.6. The van der Waals surface area contributed by atoms with Crippen molar-refractivity contribution in [3.63, 3.8) is 0 Å². The van der Waals surface area contributed by atoms with Crippen LogP contribution in [0.15, 0.2) is 35.3 Å². The summed E-state index contributed by atoms with van der Waals surface area (Å²) in [6.45, 7) is 1.62. The van der Waals surface area contributed by atoms with Crippen LogP contribution in [0.3, 0.4) is 0 Å². The highest BCUT2D eigenvalue weighted by Gasteiger charge is 2.19. The molecule has 3 aromatic rings. The molecule has 1 aliphatic heterocycles. The minimum absolute atomic E-state index is 0.188. The third-order valence-electron chi connectivity index (χ3n) is 4.83. The topological polar surface area (TPSA) is 65.6 Å². The zero-order chi connectivity index (χ0) is 17.4. The molecule has 5 nitrogen and oxygen atoms in total. The summed E-state index contributed by atoms with van der Waals surface area (Å²) in [5, 5.41) is 4.33. The summed E-state index contributed by atoms with van der Waals surface area (Å²) in [6, 6.07) is 8.20. The molecule has 25 heavy (non-hydrogen) atoms. The normalized spacial score (nSPS) is 17.9. The van der Waals surface area contributed by atoms with Crippen LogP contribution >= 0.6 is 23.8 Å². The first-order valence-corrected chi connectivity index (χ1v) is 9.24. The van der Waals surface area contributed by atoms with Crippen molar-refractivity contribution in [3.05, 3.63) is 61.7 Å². The Balaban J connectivity index is 1.80. The highest BCUT2D eigenvalue weighted by atomic mass is 35.5. The number of hydrogen-bond acceptors (Lipinski definition) is 3. The van der Waals surface area contributed by atoms with Gasteiger partial charge in [-0.2, -0.15) is 0 Å². The van der Waals surface area contributed by atoms with Gasteiger partial charge >= 0.3 is 0 Å². The van der Waals surface area contributed by atoms with E-state index in [1.54, 1.807) is 6.20 Å². The Morgan fingerprint density at radius 2 is 2.16 bits per heavy atom. The second-order valence-corrected chi connectivity index (χ2v) is 7.25. The van der Waals surface area contributed by atoms with Gasteiger partial charge in [0.2, 0.25) is 0 Å². The second kappa shape index (κ2) is 6.78. The van der Waals surface area contributed by atoms with Crippen molar-refractivity contribution in [1.29, 1.82) is 0 Å². The first-order chi connectivity index (χ1) is 12.1. The molecular formula is C18H19ClN4OS. The monoisotopic (exact) mass is 374 g/mol. The van der Waals surface area contributed by atoms with Gasteiger partial charge in [-0.1, -0.05) is 24.1 Å². The molecule has 3 N–H and O–H groups in total. The SMILES string of the molecule is O=c1[nH]c(=S)n(Cc2ccc(Cl)cc2C2CCCCN2)c2cc[nH]c12. The highest BCUT2D eigenvalue weighted by molar-refractivity contribution is 7.71. The lowest BCUT2D eigenvalue weighted by molar-refractivity contribution is 0.410. The van der Waals surface area contributed by atoms with E-state index in [1.165, 1.54) is 18.4 Å². The maximum Gasteiger partial charge on any atom is 0.276 e. The Kier molecular flexibility index (Phi) is 4.50. The molecule has 1 fully saturated rings. The lowest BCUT2D eigenvalue weighted by Crippen LogP contribution is -2.28. The molecule has 0 saturated carbocycles. The Morgan fingerprint density at radius 1 is 1.28 bits per heavy atom. The Hall–Kier alpha value is -1.89. The number of nitrogens with one attached hydrogen (secondary N) is 3. The zero-order valence-corrected chi connectivity index (χ0v) is 15.2. The summed E-state index contributed by atoms with van der Waals surface area (Å²) in [4.78, 5) is 17.8. The van der Waals surface area contributed by atoms with Crippen LogP contribution in [-0.2, 0) is 6.54 Å². The van der Waals surface area contributed by atoms with Crippen molar-refractivity contribution in [2.24, 2.45) is 0 Å². The number of rotatable bonds is 3. The van der Waals surface area contributed by atoms with Gasteiger partial charge in [0.25, 0.3) is 5.56 Å². The molecule has 7 heteroatoms. The molecule has 0 aliphatic carbocycles. The molecule has 1 aromatic carbocycles. The summed E-state index contributed by atoms with van der Waals surface area (Å²) in [7, 11) is 0. The van der Waals surface area contributed by atoms with Crippen LogP contribution in [0.2, 0.25) is 5.02 Å². The van der Waals surface area contributed by atoms with Gasteiger partial charge in [-0.15, -0.1) is 0 Å². The molecule has 1 unspecified atom stereocenters. The molecule has 2 aromatic heterocycles. The molecule has 4 rings (SSSR count). The van der Waals surface area contributed by atoms with Crippen molar-refractivity contribution in [2.75, 3.05) is 6.54 Å². The number of fused-ring (bicyclic) bond motifs is 1. The minimum atomic E-state index is -0.188. The summed E-state index contributed by atoms with van der Waals surface area (Å²) < 4.78 is 2.38. The molecule has 0 spiro atoms. The maximum absolute atomic E-state index is 12.0. The maximum atomic E-state index is 12.0. The third-order valence-corrected chi connectivity index (χ3v) is 5.39. The standard InChI is InChI=1S/C18H19ClN4OS/c19-12-5-4-11(13(9-12)14-3-1-2-7-20-14)10-23-15-6-8-21-16(15)17(24)22-18(23)25/h4-6,8-9,14,20-21H,1-3,7,10H2,(H,22,24,25). The van der Waals surface area contributed by atoms with Gasteiger partial charge < -0.3 is 14.9 Å². The fourth-order valence-electron chi connectivity index (χ4n) is 3.58. The van der Waals surface area contributed by atoms with E-state index in [1.807, 2.05) is 22.8 Å². The van der Waals surface area contributed by atoms with Crippen molar-refractivity contribution in [1.82, 2.24) is 19.9 Å². The van der Waals surface area contributed by atoms with Gasteiger partial charge in [0.1, 0.15) is 5.52 Å². The van der Waals surface area contributed by atoms with E-state index in [0.29, 0.717) is 22.9 Å². The van der Waals surface area contributed by atoms with Crippen LogP contribution in [-0.4, -0.2) is 21.1 Å². The van der Waals surface area contributed by atoms with Crippen LogP contribution in [0.1, 0.15) is 36.4 Å². The number of aromatic nitrogens is 3. The third kappa shape index (κ3) is 3.17. The number of benzene rings is 1. The van der Waals surface area contributed by atoms with Crippen LogP contribution in [0.5, 0.6) is 0 Å². The van der Waals surface area contributed by atoms with Crippen LogP contribution < -0.4 is 10.9 Å². The van der Waals surface area contributed by atoms with Gasteiger partial charge in [-0.05, 0) is 60.9 Å². The number of piperidine rings is 1. The molecule has 0 radical (unpaired) electrons. The Morgan fingerprint density at radius 3 is 2.96 bits per heavy atom. The fraction of sp³-hybridized carbons (Fsp3) is 0.333. The van der Waals surface area contributed by atoms with E-state index in [2.05, 4.69) is 21.4 Å². The molecule has 0 amide bonds. The van der Waals surface area contributed by atoms with Gasteiger partial charge in [0, 0.05) is 17.3 Å². The molecule has 1 atom stereocenters. The average molecular weight is 375 g/mol. The van der Waals surface area contributed by atoms with Gasteiger partial charge in [-0.25, -0.2) is 0 Å². The van der Waals surface area contributed by atoms with Gasteiger partial charge in [0.15, 0.2) is 4.77 Å². The molecule has 1 saturated heterocycles. The Labute approximate surface area is 155 Å². The van der Waals surface area contributed by atoms with E-state index >= 15 is 0 Å². The van der Waals surface area contributed by atoms with Gasteiger partial charge in [0.05, 0.1) is 12.1 Å². The average Bonchev–Trinajstić information content (AvgIpc) is 3.10. The van der Waals surface area contributed by atoms with E-state index in [-0.39, 0.29) is 5.56 Å². The first-order valence-electron chi connectivity index (χ1n) is 8.45. The fourth-order valence-corrected chi connectivity index (χ4v) is 4.02. The van der Waals surface area contributed by atoms with Crippen LogP contribution in [0, 0.1) is 4.77 Å². The van der Waals surface area contributed by atoms with E-state index < -0.39 is 0 Å². The quantitative estimate of drug-likeness (QED) is 0.609. The number of H-pyrrole nitrogens is 2. The summed E-state index contributed by atoms with van der Waals surface area (Å²) in [6.07, 6.45) is 5.28. The minimum Gasteiger partial charge on any atom is -0.355 e. The van der Waals surface area contributed by atoms with Crippen molar-refractivity contribution >= 4 is 34.9 Å². The number of aromatic amines is 2. The van der Waals surface area contributed by atoms with E-state index in [0.717, 1.165) is 29.1 Å². The van der Waals surface area contributed by atoms with Crippen LogP contribution in [0.25, 0.3) is 11.0 Å². The predicted octanol–water partition coefficient (Wildman–Crippen LogP) is 3.90. The second-order valence-electron chi connectivity index (χ2n) is 6.43. The van der Waals surface area contributed by atoms with Crippen molar-refractivity contribution in [2.45, 2.75) is 31.8 Å². The largest absolute Gasteiger partial charge is 0.355 e. The summed E-state index contributed by atoms with van der Waals surface area (Å²) in [5.41, 5.74) is 3.54. The van der Waals surface area contributed by atoms with E-state index in [9.17, 15) is 4.79 Å². The van der Waals surface area contributed by atoms with E-state index in [4.69, 9.17) is 23.8 Å². The summed E-state index contributed by atoms with van der Waals surface area (Å²) in [5.74, 6) is 0. The lowest BCUT2D eigenvalue weighted by Gasteiger charge is -2.26. The molecule has 0 bridgehead atoms. The number of nitrogens with zero attached hydrogens (tertiary/aromatic N) is 1. The number of hydrogen-bond donors (Lipinski definition) is 3. The molecule has 130 valence electrons. The van der Waals surface area contributed by atoms with Crippen LogP contribution in [0.4, 0.5) is 0 Å². The molecule has 1 aliphatic rings. The lowest BCUT2D eigenvalue weighted by atomic mass is 9.93. The molecular weight excluding hydrogens is 356 g/mol.